The second-order valence-electron chi connectivity index (χ2n) is 7.09. The van der Waals surface area contributed by atoms with E-state index in [4.69, 9.17) is 0 Å². The monoisotopic (exact) mass is 363 g/mol. The molecule has 1 fully saturated rings. The molecule has 2 N–H and O–H groups in total. The van der Waals surface area contributed by atoms with E-state index in [0.29, 0.717) is 13.0 Å². The number of rotatable bonds is 4. The number of carbonyl (C=O) groups is 3. The predicted molar refractivity (Wildman–Crippen MR) is 99.7 cm³/mol. The normalized spacial score (nSPS) is 20.7. The van der Waals surface area contributed by atoms with Crippen LogP contribution in [0.1, 0.15) is 28.7 Å². The number of carbonyl (C=O) groups excluding carboxylic acids is 3. The van der Waals surface area contributed by atoms with E-state index in [1.54, 1.807) is 0 Å². The number of hydrogen-bond donors (Lipinski definition) is 2. The minimum absolute atomic E-state index is 0.277. The number of fused-ring (bicyclic) bond motifs is 2. The molecular formula is C21H21N3O3. The molecule has 4 rings (SSSR count). The van der Waals surface area contributed by atoms with Crippen LogP contribution in [-0.4, -0.2) is 29.3 Å². The van der Waals surface area contributed by atoms with E-state index in [9.17, 15) is 14.4 Å². The van der Waals surface area contributed by atoms with Crippen molar-refractivity contribution >= 4 is 17.8 Å². The van der Waals surface area contributed by atoms with Gasteiger partial charge in [-0.05, 0) is 42.0 Å². The minimum atomic E-state index is -1.02. The van der Waals surface area contributed by atoms with Crippen LogP contribution in [0.3, 0.4) is 0 Å². The summed E-state index contributed by atoms with van der Waals surface area (Å²) >= 11 is 0. The van der Waals surface area contributed by atoms with Gasteiger partial charge in [0.2, 0.25) is 5.91 Å². The first-order chi connectivity index (χ1) is 13.0. The van der Waals surface area contributed by atoms with Gasteiger partial charge >= 0.3 is 6.03 Å². The Morgan fingerprint density at radius 2 is 1.89 bits per heavy atom. The highest BCUT2D eigenvalue weighted by molar-refractivity contribution is 6.09. The second-order valence-corrected chi connectivity index (χ2v) is 7.09. The Kier molecular flexibility index (Phi) is 4.18. The fraction of sp³-hybridized carbons (Fsp3) is 0.286. The number of imide groups is 1. The molecule has 138 valence electrons. The number of aryl methyl sites for hydroxylation is 2. The van der Waals surface area contributed by atoms with Gasteiger partial charge < -0.3 is 10.6 Å². The van der Waals surface area contributed by atoms with Crippen LogP contribution in [0.15, 0.2) is 48.5 Å². The molecule has 6 heteroatoms. The van der Waals surface area contributed by atoms with Crippen LogP contribution in [0, 0.1) is 6.92 Å². The summed E-state index contributed by atoms with van der Waals surface area (Å²) < 4.78 is 0. The standard InChI is InChI=1S/C21H21N3O3/c1-14-6-2-3-8-16(14)12-22-18(25)13-24-19(26)21(23-20(24)27)11-10-15-7-4-5-9-17(15)21/h2-9H,10-13H2,1H3,(H,22,25)(H,23,27)/t21-/m0/s1. The zero-order chi connectivity index (χ0) is 19.0. The Labute approximate surface area is 157 Å². The van der Waals surface area contributed by atoms with Crippen LogP contribution in [0.2, 0.25) is 0 Å². The topological polar surface area (TPSA) is 78.5 Å². The average molecular weight is 363 g/mol. The Morgan fingerprint density at radius 3 is 2.70 bits per heavy atom. The van der Waals surface area contributed by atoms with Crippen molar-refractivity contribution in [1.82, 2.24) is 15.5 Å². The maximum atomic E-state index is 13.0. The van der Waals surface area contributed by atoms with E-state index in [1.165, 1.54) is 0 Å². The number of benzene rings is 2. The minimum Gasteiger partial charge on any atom is -0.350 e. The summed E-state index contributed by atoms with van der Waals surface area (Å²) in [4.78, 5) is 38.8. The fourth-order valence-corrected chi connectivity index (χ4v) is 3.93. The summed E-state index contributed by atoms with van der Waals surface area (Å²) in [6.07, 6.45) is 1.26. The highest BCUT2D eigenvalue weighted by Gasteiger charge is 2.55. The van der Waals surface area contributed by atoms with Crippen molar-refractivity contribution in [2.75, 3.05) is 6.54 Å². The van der Waals surface area contributed by atoms with Crippen molar-refractivity contribution < 1.29 is 14.4 Å². The van der Waals surface area contributed by atoms with E-state index >= 15 is 0 Å². The molecule has 6 nitrogen and oxygen atoms in total. The molecule has 2 aromatic rings. The van der Waals surface area contributed by atoms with Gasteiger partial charge in [0.1, 0.15) is 12.1 Å². The number of hydrogen-bond acceptors (Lipinski definition) is 3. The zero-order valence-electron chi connectivity index (χ0n) is 15.1. The molecule has 27 heavy (non-hydrogen) atoms. The smallest absolute Gasteiger partial charge is 0.325 e. The molecule has 4 amide bonds. The lowest BCUT2D eigenvalue weighted by atomic mass is 9.92. The van der Waals surface area contributed by atoms with Gasteiger partial charge in [-0.2, -0.15) is 0 Å². The molecule has 1 aliphatic heterocycles. The molecule has 0 bridgehead atoms. The third kappa shape index (κ3) is 2.87. The van der Waals surface area contributed by atoms with Crippen LogP contribution in [-0.2, 0) is 28.1 Å². The van der Waals surface area contributed by atoms with Crippen LogP contribution in [0.25, 0.3) is 0 Å². The highest BCUT2D eigenvalue weighted by Crippen LogP contribution is 2.41. The Bertz CT molecular complexity index is 940. The summed E-state index contributed by atoms with van der Waals surface area (Å²) in [5, 5.41) is 5.62. The highest BCUT2D eigenvalue weighted by atomic mass is 16.2. The van der Waals surface area contributed by atoms with Crippen molar-refractivity contribution in [1.29, 1.82) is 0 Å². The first kappa shape index (κ1) is 17.3. The van der Waals surface area contributed by atoms with Gasteiger partial charge in [-0.3, -0.25) is 14.5 Å². The van der Waals surface area contributed by atoms with E-state index < -0.39 is 11.6 Å². The molecule has 0 aromatic heterocycles. The fourth-order valence-electron chi connectivity index (χ4n) is 3.93. The first-order valence-corrected chi connectivity index (χ1v) is 9.05. The van der Waals surface area contributed by atoms with Crippen molar-refractivity contribution in [2.45, 2.75) is 31.8 Å². The van der Waals surface area contributed by atoms with Crippen molar-refractivity contribution in [2.24, 2.45) is 0 Å². The number of nitrogens with zero attached hydrogens (tertiary/aromatic N) is 1. The number of nitrogens with one attached hydrogen (secondary N) is 2. The lowest BCUT2D eigenvalue weighted by Gasteiger charge is -2.22. The third-order valence-corrected chi connectivity index (χ3v) is 5.46. The van der Waals surface area contributed by atoms with Gasteiger partial charge in [0.15, 0.2) is 0 Å². The summed E-state index contributed by atoms with van der Waals surface area (Å²) in [7, 11) is 0. The van der Waals surface area contributed by atoms with Gasteiger partial charge in [0.05, 0.1) is 0 Å². The summed E-state index contributed by atoms with van der Waals surface area (Å²) in [5.74, 6) is -0.700. The summed E-state index contributed by atoms with van der Waals surface area (Å²) in [6, 6.07) is 14.9. The zero-order valence-corrected chi connectivity index (χ0v) is 15.1. The molecule has 1 spiro atoms. The lowest BCUT2D eigenvalue weighted by Crippen LogP contribution is -2.43. The maximum absolute atomic E-state index is 13.0. The molecule has 1 aliphatic carbocycles. The predicted octanol–water partition coefficient (Wildman–Crippen LogP) is 2.00. The molecular weight excluding hydrogens is 342 g/mol. The Morgan fingerprint density at radius 1 is 1.15 bits per heavy atom. The molecule has 1 heterocycles. The molecule has 0 saturated carbocycles. The van der Waals surface area contributed by atoms with Gasteiger partial charge in [-0.15, -0.1) is 0 Å². The Hall–Kier alpha value is -3.15. The molecule has 2 aromatic carbocycles. The maximum Gasteiger partial charge on any atom is 0.325 e. The van der Waals surface area contributed by atoms with Gasteiger partial charge in [-0.25, -0.2) is 4.79 Å². The quantitative estimate of drug-likeness (QED) is 0.816. The van der Waals surface area contributed by atoms with Crippen LogP contribution in [0.4, 0.5) is 4.79 Å². The third-order valence-electron chi connectivity index (χ3n) is 5.46. The van der Waals surface area contributed by atoms with Crippen molar-refractivity contribution in [3.8, 4) is 0 Å². The van der Waals surface area contributed by atoms with Gasteiger partial charge in [-0.1, -0.05) is 48.5 Å². The largest absolute Gasteiger partial charge is 0.350 e. The van der Waals surface area contributed by atoms with Gasteiger partial charge in [0.25, 0.3) is 5.91 Å². The summed E-state index contributed by atoms with van der Waals surface area (Å²) in [5.41, 5.74) is 2.96. The second kappa shape index (κ2) is 6.54. The van der Waals surface area contributed by atoms with E-state index in [2.05, 4.69) is 10.6 Å². The molecule has 0 radical (unpaired) electrons. The van der Waals surface area contributed by atoms with Crippen LogP contribution >= 0.6 is 0 Å². The van der Waals surface area contributed by atoms with Crippen LogP contribution < -0.4 is 10.6 Å². The average Bonchev–Trinajstić information content (AvgIpc) is 3.15. The molecule has 1 saturated heterocycles. The van der Waals surface area contributed by atoms with Crippen molar-refractivity contribution in [3.63, 3.8) is 0 Å². The summed E-state index contributed by atoms with van der Waals surface area (Å²) in [6.45, 7) is 2.06. The number of amides is 4. The van der Waals surface area contributed by atoms with Crippen molar-refractivity contribution in [3.05, 3.63) is 70.8 Å². The van der Waals surface area contributed by atoms with Crippen LogP contribution in [0.5, 0.6) is 0 Å². The van der Waals surface area contributed by atoms with E-state index in [1.807, 2.05) is 55.5 Å². The lowest BCUT2D eigenvalue weighted by molar-refractivity contribution is -0.135. The molecule has 0 unspecified atom stereocenters. The van der Waals surface area contributed by atoms with E-state index in [0.717, 1.165) is 33.6 Å². The van der Waals surface area contributed by atoms with Gasteiger partial charge in [0, 0.05) is 6.54 Å². The first-order valence-electron chi connectivity index (χ1n) is 9.05. The SMILES string of the molecule is Cc1ccccc1CNC(=O)CN1C(=O)N[C@]2(CCc3ccccc32)C1=O. The molecule has 1 atom stereocenters. The molecule has 2 aliphatic rings. The van der Waals surface area contributed by atoms with E-state index in [-0.39, 0.29) is 18.4 Å². The number of urea groups is 1. The Balaban J connectivity index is 1.46.